The van der Waals surface area contributed by atoms with Crippen molar-refractivity contribution in [2.75, 3.05) is 26.1 Å². The van der Waals surface area contributed by atoms with Crippen molar-refractivity contribution in [3.8, 4) is 0 Å². The molecule has 0 aromatic carbocycles. The van der Waals surface area contributed by atoms with E-state index in [1.54, 1.807) is 18.9 Å². The highest BCUT2D eigenvalue weighted by atomic mass is 32.2. The molecule has 1 heterocycles. The number of thioether (sulfide) groups is 1. The molecule has 1 aliphatic heterocycles. The number of carbonyl (C=O) groups is 1. The Morgan fingerprint density at radius 3 is 3.00 bits per heavy atom. The largest absolute Gasteiger partial charge is 0.394 e. The van der Waals surface area contributed by atoms with Crippen LogP contribution in [0.4, 0.5) is 0 Å². The lowest BCUT2D eigenvalue weighted by Gasteiger charge is -2.23. The number of rotatable bonds is 5. The number of amides is 1. The van der Waals surface area contributed by atoms with Gasteiger partial charge in [0.15, 0.2) is 0 Å². The van der Waals surface area contributed by atoms with Crippen LogP contribution in [0.3, 0.4) is 0 Å². The molecule has 1 saturated heterocycles. The first-order chi connectivity index (χ1) is 7.27. The summed E-state index contributed by atoms with van der Waals surface area (Å²) in [4.78, 5) is 11.7. The molecular weight excluding hydrogens is 214 g/mol. The van der Waals surface area contributed by atoms with Crippen molar-refractivity contribution >= 4 is 17.7 Å². The van der Waals surface area contributed by atoms with Gasteiger partial charge in [-0.2, -0.15) is 0 Å². The van der Waals surface area contributed by atoms with E-state index in [1.165, 1.54) is 6.42 Å². The van der Waals surface area contributed by atoms with Gasteiger partial charge in [-0.3, -0.25) is 4.79 Å². The molecule has 1 fully saturated rings. The minimum absolute atomic E-state index is 0.0378. The topological polar surface area (TPSA) is 58.6 Å². The van der Waals surface area contributed by atoms with Crippen LogP contribution in [0.2, 0.25) is 0 Å². The predicted molar refractivity (Wildman–Crippen MR) is 61.0 cm³/mol. The molecule has 4 nitrogen and oxygen atoms in total. The first kappa shape index (κ1) is 12.8. The molecule has 2 N–H and O–H groups in total. The molecule has 0 aromatic rings. The lowest BCUT2D eigenvalue weighted by Crippen LogP contribution is -2.45. The Kier molecular flexibility index (Phi) is 6.05. The van der Waals surface area contributed by atoms with Crippen LogP contribution in [0.1, 0.15) is 19.3 Å². The van der Waals surface area contributed by atoms with Gasteiger partial charge in [0.1, 0.15) is 0 Å². The van der Waals surface area contributed by atoms with E-state index in [2.05, 4.69) is 5.32 Å². The third-order valence-electron chi connectivity index (χ3n) is 2.41. The minimum atomic E-state index is -0.273. The zero-order valence-electron chi connectivity index (χ0n) is 9.07. The van der Waals surface area contributed by atoms with Crippen LogP contribution >= 0.6 is 11.8 Å². The Hall–Kier alpha value is -0.260. The number of nitrogens with one attached hydrogen (secondary N) is 1. The van der Waals surface area contributed by atoms with Crippen molar-refractivity contribution in [1.82, 2.24) is 5.32 Å². The van der Waals surface area contributed by atoms with Crippen LogP contribution in [0.15, 0.2) is 0 Å². The standard InChI is InChI=1S/C10H19NO3S/c1-14-7-8(6-12)11-10(13)9-4-2-3-5-15-9/h8-9,12H,2-7H2,1H3,(H,11,13). The van der Waals surface area contributed by atoms with Crippen molar-refractivity contribution in [3.05, 3.63) is 0 Å². The van der Waals surface area contributed by atoms with Crippen LogP contribution in [-0.2, 0) is 9.53 Å². The maximum absolute atomic E-state index is 11.7. The van der Waals surface area contributed by atoms with Crippen LogP contribution in [0, 0.1) is 0 Å². The summed E-state index contributed by atoms with van der Waals surface area (Å²) in [7, 11) is 1.56. The second-order valence-corrected chi connectivity index (χ2v) is 5.01. The third-order valence-corrected chi connectivity index (χ3v) is 3.78. The Labute approximate surface area is 94.8 Å². The molecule has 88 valence electrons. The smallest absolute Gasteiger partial charge is 0.233 e. The number of ether oxygens (including phenoxy) is 1. The molecule has 0 radical (unpaired) electrons. The summed E-state index contributed by atoms with van der Waals surface area (Å²) in [6.07, 6.45) is 3.27. The summed E-state index contributed by atoms with van der Waals surface area (Å²) in [5, 5.41) is 11.9. The van der Waals surface area contributed by atoms with Gasteiger partial charge in [0.2, 0.25) is 5.91 Å². The second kappa shape index (κ2) is 7.09. The van der Waals surface area contributed by atoms with Gasteiger partial charge in [0.25, 0.3) is 0 Å². The average molecular weight is 233 g/mol. The molecule has 0 aliphatic carbocycles. The van der Waals surface area contributed by atoms with E-state index >= 15 is 0 Å². The molecule has 0 bridgehead atoms. The number of methoxy groups -OCH3 is 1. The van der Waals surface area contributed by atoms with Gasteiger partial charge in [0.05, 0.1) is 24.5 Å². The molecule has 1 amide bonds. The summed E-state index contributed by atoms with van der Waals surface area (Å²) < 4.78 is 4.90. The van der Waals surface area contributed by atoms with E-state index in [4.69, 9.17) is 9.84 Å². The number of carbonyl (C=O) groups excluding carboxylic acids is 1. The van der Waals surface area contributed by atoms with Gasteiger partial charge in [0, 0.05) is 7.11 Å². The molecule has 0 saturated carbocycles. The molecule has 1 aliphatic rings. The van der Waals surface area contributed by atoms with E-state index < -0.39 is 0 Å². The van der Waals surface area contributed by atoms with Crippen LogP contribution in [0.25, 0.3) is 0 Å². The fraction of sp³-hybridized carbons (Fsp3) is 0.900. The first-order valence-electron chi connectivity index (χ1n) is 5.29. The van der Waals surface area contributed by atoms with Crippen LogP contribution < -0.4 is 5.32 Å². The molecule has 1 rings (SSSR count). The zero-order chi connectivity index (χ0) is 11.1. The summed E-state index contributed by atoms with van der Waals surface area (Å²) in [5.41, 5.74) is 0. The zero-order valence-corrected chi connectivity index (χ0v) is 9.89. The fourth-order valence-corrected chi connectivity index (χ4v) is 2.79. The Balaban J connectivity index is 2.31. The molecular formula is C10H19NO3S. The van der Waals surface area contributed by atoms with Gasteiger partial charge in [-0.25, -0.2) is 0 Å². The quantitative estimate of drug-likeness (QED) is 0.721. The van der Waals surface area contributed by atoms with Crippen molar-refractivity contribution in [2.24, 2.45) is 0 Å². The number of hydrogen-bond donors (Lipinski definition) is 2. The summed E-state index contributed by atoms with van der Waals surface area (Å²) in [6, 6.07) is -0.273. The lowest BCUT2D eigenvalue weighted by atomic mass is 10.1. The Bertz CT molecular complexity index is 195. The first-order valence-corrected chi connectivity index (χ1v) is 6.34. The molecule has 2 atom stereocenters. The predicted octanol–water partition coefficient (Wildman–Crippen LogP) is 0.396. The highest BCUT2D eigenvalue weighted by Crippen LogP contribution is 2.24. The Morgan fingerprint density at radius 1 is 1.67 bits per heavy atom. The molecule has 0 aromatic heterocycles. The minimum Gasteiger partial charge on any atom is -0.394 e. The maximum Gasteiger partial charge on any atom is 0.233 e. The van der Waals surface area contributed by atoms with E-state index in [0.717, 1.165) is 18.6 Å². The van der Waals surface area contributed by atoms with Crippen molar-refractivity contribution in [3.63, 3.8) is 0 Å². The van der Waals surface area contributed by atoms with Gasteiger partial charge >= 0.3 is 0 Å². The molecule has 2 unspecified atom stereocenters. The molecule has 0 spiro atoms. The summed E-state index contributed by atoms with van der Waals surface area (Å²) in [5.74, 6) is 1.10. The highest BCUT2D eigenvalue weighted by molar-refractivity contribution is 8.00. The fourth-order valence-electron chi connectivity index (χ4n) is 1.58. The van der Waals surface area contributed by atoms with Gasteiger partial charge in [-0.1, -0.05) is 6.42 Å². The third kappa shape index (κ3) is 4.40. The van der Waals surface area contributed by atoms with E-state index in [9.17, 15) is 4.79 Å². The SMILES string of the molecule is COCC(CO)NC(=O)C1CCCCS1. The monoisotopic (exact) mass is 233 g/mol. The molecule has 15 heavy (non-hydrogen) atoms. The summed E-state index contributed by atoms with van der Waals surface area (Å²) in [6.45, 7) is 0.288. The van der Waals surface area contributed by atoms with Gasteiger partial charge in [-0.15, -0.1) is 11.8 Å². The van der Waals surface area contributed by atoms with Crippen LogP contribution in [0.5, 0.6) is 0 Å². The maximum atomic E-state index is 11.7. The van der Waals surface area contributed by atoms with E-state index in [1.807, 2.05) is 0 Å². The number of aliphatic hydroxyl groups is 1. The normalized spacial score (nSPS) is 23.5. The van der Waals surface area contributed by atoms with E-state index in [0.29, 0.717) is 6.61 Å². The van der Waals surface area contributed by atoms with Crippen LogP contribution in [-0.4, -0.2) is 48.4 Å². The van der Waals surface area contributed by atoms with Crippen molar-refractivity contribution < 1.29 is 14.6 Å². The van der Waals surface area contributed by atoms with Gasteiger partial charge in [-0.05, 0) is 18.6 Å². The molecule has 5 heteroatoms. The number of hydrogen-bond acceptors (Lipinski definition) is 4. The average Bonchev–Trinajstić information content (AvgIpc) is 2.29. The van der Waals surface area contributed by atoms with Gasteiger partial charge < -0.3 is 15.2 Å². The van der Waals surface area contributed by atoms with E-state index in [-0.39, 0.29) is 23.8 Å². The lowest BCUT2D eigenvalue weighted by molar-refractivity contribution is -0.122. The Morgan fingerprint density at radius 2 is 2.47 bits per heavy atom. The number of aliphatic hydroxyl groups excluding tert-OH is 1. The summed E-state index contributed by atoms with van der Waals surface area (Å²) >= 11 is 1.71. The van der Waals surface area contributed by atoms with Crippen molar-refractivity contribution in [1.29, 1.82) is 0 Å². The highest BCUT2D eigenvalue weighted by Gasteiger charge is 2.23. The van der Waals surface area contributed by atoms with Crippen molar-refractivity contribution in [2.45, 2.75) is 30.6 Å². The second-order valence-electron chi connectivity index (χ2n) is 3.70.